The Kier molecular flexibility index (Phi) is 3.19. The highest BCUT2D eigenvalue weighted by Crippen LogP contribution is 2.49. The number of fused-ring (bicyclic) bond motifs is 2. The van der Waals surface area contributed by atoms with Crippen LogP contribution < -0.4 is 15.4 Å². The van der Waals surface area contributed by atoms with Crippen LogP contribution in [0.15, 0.2) is 24.3 Å². The van der Waals surface area contributed by atoms with Gasteiger partial charge in [0.1, 0.15) is 11.9 Å². The van der Waals surface area contributed by atoms with Crippen molar-refractivity contribution in [1.29, 1.82) is 0 Å². The Morgan fingerprint density at radius 2 is 2.00 bits per heavy atom. The predicted octanol–water partition coefficient (Wildman–Crippen LogP) is 1.74. The highest BCUT2D eigenvalue weighted by Gasteiger charge is 2.57. The van der Waals surface area contributed by atoms with Gasteiger partial charge in [0.2, 0.25) is 5.91 Å². The van der Waals surface area contributed by atoms with Crippen LogP contribution in [0.4, 0.5) is 0 Å². The lowest BCUT2D eigenvalue weighted by molar-refractivity contribution is -0.126. The smallest absolute Gasteiger partial charge is 0.224 e. The van der Waals surface area contributed by atoms with Crippen LogP contribution in [0.2, 0.25) is 0 Å². The number of hydrogen-bond donors (Lipinski definition) is 2. The van der Waals surface area contributed by atoms with Crippen LogP contribution in [0.5, 0.6) is 5.75 Å². The molecule has 0 bridgehead atoms. The van der Waals surface area contributed by atoms with E-state index in [1.165, 1.54) is 5.56 Å². The van der Waals surface area contributed by atoms with E-state index in [1.807, 2.05) is 12.1 Å². The number of aryl methyl sites for hydroxylation is 1. The molecule has 0 aromatic heterocycles. The Labute approximate surface area is 131 Å². The Balaban J connectivity index is 1.42. The molecule has 22 heavy (non-hydrogen) atoms. The van der Waals surface area contributed by atoms with E-state index in [-0.39, 0.29) is 23.5 Å². The average molecular weight is 300 g/mol. The lowest BCUT2D eigenvalue weighted by Gasteiger charge is -2.38. The molecule has 4 rings (SSSR count). The molecule has 4 heteroatoms. The molecule has 2 fully saturated rings. The number of benzene rings is 1. The monoisotopic (exact) mass is 300 g/mol. The Morgan fingerprint density at radius 3 is 2.77 bits per heavy atom. The van der Waals surface area contributed by atoms with Gasteiger partial charge in [-0.1, -0.05) is 18.2 Å². The average Bonchev–Trinajstić information content (AvgIpc) is 3.00. The van der Waals surface area contributed by atoms with E-state index >= 15 is 0 Å². The summed E-state index contributed by atoms with van der Waals surface area (Å²) in [7, 11) is 0. The van der Waals surface area contributed by atoms with Crippen molar-refractivity contribution in [3.63, 3.8) is 0 Å². The fraction of sp³-hybridized carbons (Fsp3) is 0.611. The lowest BCUT2D eigenvalue weighted by atomic mass is 9.89. The SMILES string of the molecule is CC(C)(NC(=O)C1[C@H]2CNC[C@@H]12)C1CCc2ccccc2O1. The largest absolute Gasteiger partial charge is 0.488 e. The zero-order valence-corrected chi connectivity index (χ0v) is 13.3. The van der Waals surface area contributed by atoms with Crippen LogP contribution in [-0.2, 0) is 11.2 Å². The molecule has 4 nitrogen and oxygen atoms in total. The highest BCUT2D eigenvalue weighted by atomic mass is 16.5. The molecule has 1 saturated heterocycles. The Hall–Kier alpha value is -1.55. The van der Waals surface area contributed by atoms with Gasteiger partial charge in [-0.3, -0.25) is 4.79 Å². The third-order valence-corrected chi connectivity index (χ3v) is 5.56. The fourth-order valence-corrected chi connectivity index (χ4v) is 4.12. The summed E-state index contributed by atoms with van der Waals surface area (Å²) in [4.78, 5) is 12.5. The fourth-order valence-electron chi connectivity index (χ4n) is 4.12. The van der Waals surface area contributed by atoms with Gasteiger partial charge >= 0.3 is 0 Å². The minimum absolute atomic E-state index is 0.0306. The van der Waals surface area contributed by atoms with E-state index in [1.54, 1.807) is 0 Å². The van der Waals surface area contributed by atoms with Crippen LogP contribution in [0.3, 0.4) is 0 Å². The summed E-state index contributed by atoms with van der Waals surface area (Å²) in [6.45, 7) is 6.16. The third-order valence-electron chi connectivity index (χ3n) is 5.56. The normalized spacial score (nSPS) is 32.6. The quantitative estimate of drug-likeness (QED) is 0.894. The molecule has 1 aromatic rings. The van der Waals surface area contributed by atoms with Crippen molar-refractivity contribution in [3.05, 3.63) is 29.8 Å². The van der Waals surface area contributed by atoms with Gasteiger partial charge in [-0.2, -0.15) is 0 Å². The number of ether oxygens (including phenoxy) is 1. The van der Waals surface area contributed by atoms with E-state index < -0.39 is 0 Å². The molecular formula is C18H24N2O2. The van der Waals surface area contributed by atoms with Gasteiger partial charge in [0.05, 0.1) is 5.54 Å². The van der Waals surface area contributed by atoms with Gasteiger partial charge < -0.3 is 15.4 Å². The molecule has 2 unspecified atom stereocenters. The molecule has 4 atom stereocenters. The topological polar surface area (TPSA) is 50.4 Å². The van der Waals surface area contributed by atoms with Crippen molar-refractivity contribution in [3.8, 4) is 5.75 Å². The predicted molar refractivity (Wildman–Crippen MR) is 84.7 cm³/mol. The molecule has 1 aromatic carbocycles. The van der Waals surface area contributed by atoms with Crippen LogP contribution in [-0.4, -0.2) is 30.6 Å². The standard InChI is InChI=1S/C18H24N2O2/c1-18(2,20-17(21)16-12-9-19-10-13(12)16)15-8-7-11-5-3-4-6-14(11)22-15/h3-6,12-13,15-16,19H,7-10H2,1-2H3,(H,20,21)/t12-,13+,15?,16?. The Morgan fingerprint density at radius 1 is 1.27 bits per heavy atom. The molecule has 2 N–H and O–H groups in total. The molecule has 118 valence electrons. The molecule has 1 aliphatic carbocycles. The van der Waals surface area contributed by atoms with Crippen molar-refractivity contribution in [1.82, 2.24) is 10.6 Å². The summed E-state index contributed by atoms with van der Waals surface area (Å²) in [6.07, 6.45) is 1.99. The first kappa shape index (κ1) is 14.1. The first-order valence-corrected chi connectivity index (χ1v) is 8.33. The van der Waals surface area contributed by atoms with Gasteiger partial charge in [-0.25, -0.2) is 0 Å². The minimum atomic E-state index is -0.338. The summed E-state index contributed by atoms with van der Waals surface area (Å²) >= 11 is 0. The molecule has 1 saturated carbocycles. The summed E-state index contributed by atoms with van der Waals surface area (Å²) in [5.41, 5.74) is 0.929. The molecule has 2 heterocycles. The zero-order chi connectivity index (χ0) is 15.3. The van der Waals surface area contributed by atoms with E-state index in [4.69, 9.17) is 4.74 Å². The number of carbonyl (C=O) groups excluding carboxylic acids is 1. The summed E-state index contributed by atoms with van der Waals surface area (Å²) < 4.78 is 6.16. The number of carbonyl (C=O) groups is 1. The second kappa shape index (κ2) is 4.98. The zero-order valence-electron chi connectivity index (χ0n) is 13.3. The Bertz CT molecular complexity index is 589. The summed E-state index contributed by atoms with van der Waals surface area (Å²) in [5, 5.41) is 6.59. The molecule has 0 radical (unpaired) electrons. The number of amides is 1. The van der Waals surface area contributed by atoms with Crippen molar-refractivity contribution >= 4 is 5.91 Å². The summed E-state index contributed by atoms with van der Waals surface area (Å²) in [6, 6.07) is 8.20. The first-order chi connectivity index (χ1) is 10.6. The molecule has 1 amide bonds. The van der Waals surface area contributed by atoms with E-state index in [2.05, 4.69) is 36.6 Å². The second-order valence-electron chi connectivity index (χ2n) is 7.48. The maximum Gasteiger partial charge on any atom is 0.224 e. The molecular weight excluding hydrogens is 276 g/mol. The van der Waals surface area contributed by atoms with E-state index in [0.717, 1.165) is 31.7 Å². The van der Waals surface area contributed by atoms with Crippen molar-refractivity contribution in [2.24, 2.45) is 17.8 Å². The van der Waals surface area contributed by atoms with Crippen LogP contribution >= 0.6 is 0 Å². The minimum Gasteiger partial charge on any atom is -0.488 e. The highest BCUT2D eigenvalue weighted by molar-refractivity contribution is 5.83. The van der Waals surface area contributed by atoms with Gasteiger partial charge in [-0.05, 0) is 63.2 Å². The van der Waals surface area contributed by atoms with Gasteiger partial charge in [0, 0.05) is 5.92 Å². The van der Waals surface area contributed by atoms with Gasteiger partial charge in [0.15, 0.2) is 0 Å². The first-order valence-electron chi connectivity index (χ1n) is 8.33. The van der Waals surface area contributed by atoms with E-state index in [0.29, 0.717) is 11.8 Å². The molecule has 0 spiro atoms. The van der Waals surface area contributed by atoms with Gasteiger partial charge in [-0.15, -0.1) is 0 Å². The number of rotatable bonds is 3. The number of hydrogen-bond acceptors (Lipinski definition) is 3. The van der Waals surface area contributed by atoms with Crippen LogP contribution in [0, 0.1) is 17.8 Å². The second-order valence-corrected chi connectivity index (χ2v) is 7.48. The maximum absolute atomic E-state index is 12.5. The van der Waals surface area contributed by atoms with Crippen molar-refractivity contribution in [2.75, 3.05) is 13.1 Å². The van der Waals surface area contributed by atoms with Crippen LogP contribution in [0.1, 0.15) is 25.8 Å². The van der Waals surface area contributed by atoms with Crippen LogP contribution in [0.25, 0.3) is 0 Å². The van der Waals surface area contributed by atoms with Crippen molar-refractivity contribution in [2.45, 2.75) is 38.3 Å². The third kappa shape index (κ3) is 2.30. The lowest BCUT2D eigenvalue weighted by Crippen LogP contribution is -2.56. The van der Waals surface area contributed by atoms with Crippen molar-refractivity contribution < 1.29 is 9.53 Å². The number of piperidine rings is 1. The summed E-state index contributed by atoms with van der Waals surface area (Å²) in [5.74, 6) is 2.52. The van der Waals surface area contributed by atoms with E-state index in [9.17, 15) is 4.79 Å². The number of para-hydroxylation sites is 1. The molecule has 2 aliphatic heterocycles. The molecule has 3 aliphatic rings. The van der Waals surface area contributed by atoms with Gasteiger partial charge in [0.25, 0.3) is 0 Å². The number of nitrogens with one attached hydrogen (secondary N) is 2. The maximum atomic E-state index is 12.5.